The van der Waals surface area contributed by atoms with Crippen LogP contribution in [0.25, 0.3) is 0 Å². The Morgan fingerprint density at radius 1 is 1.22 bits per heavy atom. The number of carboxylic acid groups (broad SMARTS) is 1. The quantitative estimate of drug-likeness (QED) is 0.741. The number of allylic oxidation sites excluding steroid dienone is 2. The number of aliphatic carboxylic acids is 1. The number of fused-ring (bicyclic) bond motifs is 1. The van der Waals surface area contributed by atoms with Gasteiger partial charge in [0.1, 0.15) is 11.4 Å². The molecule has 0 amide bonds. The Morgan fingerprint density at radius 2 is 1.93 bits per heavy atom. The minimum Gasteiger partial charge on any atom is -0.477 e. The molecule has 1 spiro atoms. The van der Waals surface area contributed by atoms with E-state index in [9.17, 15) is 14.7 Å². The lowest BCUT2D eigenvalue weighted by Crippen LogP contribution is -2.54. The third-order valence-corrected chi connectivity index (χ3v) is 6.55. The summed E-state index contributed by atoms with van der Waals surface area (Å²) in [6.45, 7) is 3.20. The van der Waals surface area contributed by atoms with Crippen molar-refractivity contribution in [1.29, 1.82) is 0 Å². The van der Waals surface area contributed by atoms with Crippen molar-refractivity contribution in [2.75, 3.05) is 33.2 Å². The van der Waals surface area contributed by atoms with Crippen molar-refractivity contribution in [3.8, 4) is 0 Å². The van der Waals surface area contributed by atoms with Crippen LogP contribution in [0.3, 0.4) is 0 Å². The molecule has 0 bridgehead atoms. The molecule has 1 saturated carbocycles. The highest BCUT2D eigenvalue weighted by molar-refractivity contribution is 6.25. The number of piperazine rings is 1. The number of ketones is 1. The molecule has 1 unspecified atom stereocenters. The van der Waals surface area contributed by atoms with E-state index in [2.05, 4.69) is 22.9 Å². The van der Waals surface area contributed by atoms with Crippen molar-refractivity contribution in [2.24, 2.45) is 0 Å². The van der Waals surface area contributed by atoms with Gasteiger partial charge in [0.2, 0.25) is 0 Å². The number of carboxylic acids is 1. The number of hydrogen-bond donors (Lipinski definition) is 1. The van der Waals surface area contributed by atoms with Crippen LogP contribution in [0, 0.1) is 0 Å². The monoisotopic (exact) mass is 371 g/mol. The SMILES string of the molecule is CN1CCN(C2=C(F)C=C3C(=O)C(C(=O)O)=CN4C3C2=CCC42CC2)CC1. The van der Waals surface area contributed by atoms with Crippen LogP contribution in [-0.4, -0.2) is 76.4 Å². The zero-order valence-electron chi connectivity index (χ0n) is 15.2. The van der Waals surface area contributed by atoms with E-state index in [0.717, 1.165) is 51.0 Å². The summed E-state index contributed by atoms with van der Waals surface area (Å²) in [4.78, 5) is 30.6. The van der Waals surface area contributed by atoms with E-state index in [4.69, 9.17) is 0 Å². The highest BCUT2D eigenvalue weighted by Crippen LogP contribution is 2.55. The maximum absolute atomic E-state index is 15.2. The van der Waals surface area contributed by atoms with Crippen molar-refractivity contribution >= 4 is 11.8 Å². The maximum Gasteiger partial charge on any atom is 0.341 e. The van der Waals surface area contributed by atoms with E-state index in [0.29, 0.717) is 5.70 Å². The van der Waals surface area contributed by atoms with Gasteiger partial charge in [-0.15, -0.1) is 0 Å². The molecule has 5 rings (SSSR count). The third-order valence-electron chi connectivity index (χ3n) is 6.55. The molecular formula is C20H22FN3O3. The van der Waals surface area contributed by atoms with Crippen molar-refractivity contribution in [3.05, 3.63) is 46.6 Å². The Labute approximate surface area is 156 Å². The Morgan fingerprint density at radius 3 is 2.56 bits per heavy atom. The zero-order chi connectivity index (χ0) is 18.9. The summed E-state index contributed by atoms with van der Waals surface area (Å²) in [5.41, 5.74) is 1.28. The first-order valence-electron chi connectivity index (χ1n) is 9.45. The summed E-state index contributed by atoms with van der Waals surface area (Å²) in [5.74, 6) is -2.25. The van der Waals surface area contributed by atoms with Crippen LogP contribution in [-0.2, 0) is 9.59 Å². The van der Waals surface area contributed by atoms with Crippen LogP contribution < -0.4 is 0 Å². The van der Waals surface area contributed by atoms with Crippen molar-refractivity contribution in [1.82, 2.24) is 14.7 Å². The van der Waals surface area contributed by atoms with E-state index in [1.165, 1.54) is 12.3 Å². The largest absolute Gasteiger partial charge is 0.477 e. The Balaban J connectivity index is 1.63. The Hall–Kier alpha value is -2.41. The summed E-state index contributed by atoms with van der Waals surface area (Å²) in [5, 5.41) is 9.46. The normalized spacial score (nSPS) is 29.3. The van der Waals surface area contributed by atoms with Gasteiger partial charge in [0.15, 0.2) is 5.78 Å². The maximum atomic E-state index is 15.2. The molecule has 5 aliphatic rings. The molecule has 1 atom stereocenters. The summed E-state index contributed by atoms with van der Waals surface area (Å²) in [7, 11) is 2.05. The first kappa shape index (κ1) is 16.7. The van der Waals surface area contributed by atoms with Crippen LogP contribution >= 0.6 is 0 Å². The number of nitrogens with zero attached hydrogens (tertiary/aromatic N) is 3. The molecule has 3 aliphatic heterocycles. The van der Waals surface area contributed by atoms with E-state index in [1.807, 2.05) is 4.90 Å². The average Bonchev–Trinajstić information content (AvgIpc) is 3.41. The molecule has 0 aromatic carbocycles. The number of likely N-dealkylation sites (N-methyl/N-ethyl adjacent to an activating group) is 1. The van der Waals surface area contributed by atoms with Gasteiger partial charge in [-0.1, -0.05) is 6.08 Å². The molecule has 0 radical (unpaired) electrons. The molecule has 2 fully saturated rings. The smallest absolute Gasteiger partial charge is 0.341 e. The standard InChI is InChI=1S/C20H22FN3O3/c1-22-6-8-23(9-7-22)17-12-2-3-20(4-5-20)24-11-14(19(26)27)18(25)13(16(12)24)10-15(17)21/h2,10-11,16H,3-9H2,1H3,(H,26,27). The minimum absolute atomic E-state index is 0.115. The summed E-state index contributed by atoms with van der Waals surface area (Å²) >= 11 is 0. The highest BCUT2D eigenvalue weighted by Gasteiger charge is 2.56. The number of Topliss-reactive ketones (excluding diaryl/α,β-unsaturated/α-hetero) is 1. The zero-order valence-corrected chi connectivity index (χ0v) is 15.2. The Bertz CT molecular complexity index is 873. The topological polar surface area (TPSA) is 64.1 Å². The first-order chi connectivity index (χ1) is 12.9. The molecule has 3 heterocycles. The lowest BCUT2D eigenvalue weighted by molar-refractivity contribution is -0.134. The summed E-state index contributed by atoms with van der Waals surface area (Å²) in [6.07, 6.45) is 7.57. The Kier molecular flexibility index (Phi) is 3.44. The second kappa shape index (κ2) is 5.55. The van der Waals surface area contributed by atoms with Gasteiger partial charge < -0.3 is 19.8 Å². The van der Waals surface area contributed by atoms with Gasteiger partial charge >= 0.3 is 5.97 Å². The van der Waals surface area contributed by atoms with Gasteiger partial charge in [0.25, 0.3) is 0 Å². The molecule has 0 aromatic rings. The summed E-state index contributed by atoms with van der Waals surface area (Å²) < 4.78 is 15.2. The lowest BCUT2D eigenvalue weighted by Gasteiger charge is -2.49. The van der Waals surface area contributed by atoms with Gasteiger partial charge in [0, 0.05) is 49.1 Å². The van der Waals surface area contributed by atoms with E-state index < -0.39 is 17.6 Å². The minimum atomic E-state index is -1.25. The number of carbonyl (C=O) groups is 2. The molecule has 0 aromatic heterocycles. The van der Waals surface area contributed by atoms with Crippen LogP contribution in [0.2, 0.25) is 0 Å². The molecule has 2 aliphatic carbocycles. The fourth-order valence-electron chi connectivity index (χ4n) is 4.78. The van der Waals surface area contributed by atoms with Crippen molar-refractivity contribution < 1.29 is 19.1 Å². The number of carbonyl (C=O) groups excluding carboxylic acids is 1. The number of hydrogen-bond acceptors (Lipinski definition) is 5. The first-order valence-corrected chi connectivity index (χ1v) is 9.45. The molecule has 1 saturated heterocycles. The van der Waals surface area contributed by atoms with Gasteiger partial charge in [-0.05, 0) is 32.4 Å². The van der Waals surface area contributed by atoms with E-state index in [1.54, 1.807) is 0 Å². The van der Waals surface area contributed by atoms with Crippen molar-refractivity contribution in [3.63, 3.8) is 0 Å². The third kappa shape index (κ3) is 2.34. The molecule has 142 valence electrons. The second-order valence-corrected chi connectivity index (χ2v) is 8.16. The molecular weight excluding hydrogens is 349 g/mol. The van der Waals surface area contributed by atoms with Gasteiger partial charge in [-0.3, -0.25) is 4.79 Å². The van der Waals surface area contributed by atoms with E-state index in [-0.39, 0.29) is 22.7 Å². The highest BCUT2D eigenvalue weighted by atomic mass is 19.1. The fraction of sp³-hybridized carbons (Fsp3) is 0.500. The molecule has 7 heteroatoms. The predicted molar refractivity (Wildman–Crippen MR) is 96.3 cm³/mol. The average molecular weight is 371 g/mol. The van der Waals surface area contributed by atoms with Crippen LogP contribution in [0.1, 0.15) is 19.3 Å². The van der Waals surface area contributed by atoms with Gasteiger partial charge in [-0.25, -0.2) is 9.18 Å². The molecule has 27 heavy (non-hydrogen) atoms. The second-order valence-electron chi connectivity index (χ2n) is 8.16. The number of rotatable bonds is 2. The van der Waals surface area contributed by atoms with Gasteiger partial charge in [0.05, 0.1) is 11.7 Å². The van der Waals surface area contributed by atoms with Crippen molar-refractivity contribution in [2.45, 2.75) is 30.8 Å². The summed E-state index contributed by atoms with van der Waals surface area (Å²) in [6, 6.07) is -0.369. The molecule has 6 nitrogen and oxygen atoms in total. The van der Waals surface area contributed by atoms with E-state index >= 15 is 4.39 Å². The fourth-order valence-corrected chi connectivity index (χ4v) is 4.78. The van der Waals surface area contributed by atoms with Crippen LogP contribution in [0.15, 0.2) is 46.6 Å². The van der Waals surface area contributed by atoms with Gasteiger partial charge in [-0.2, -0.15) is 0 Å². The predicted octanol–water partition coefficient (Wildman–Crippen LogP) is 1.44. The molecule has 1 N–H and O–H groups in total. The lowest BCUT2D eigenvalue weighted by atomic mass is 9.78. The number of halogens is 1. The van der Waals surface area contributed by atoms with Crippen LogP contribution in [0.4, 0.5) is 4.39 Å². The van der Waals surface area contributed by atoms with Crippen LogP contribution in [0.5, 0.6) is 0 Å².